The molecule has 1 atom stereocenters. The Bertz CT molecular complexity index is 1170. The summed E-state index contributed by atoms with van der Waals surface area (Å²) in [6.45, 7) is 2.01. The lowest BCUT2D eigenvalue weighted by molar-refractivity contribution is 0.0992. The number of nitrogens with two attached hydrogens (primary N) is 1. The monoisotopic (exact) mass is 398 g/mol. The highest BCUT2D eigenvalue weighted by molar-refractivity contribution is 7.38. The molecular weight excluding hydrogens is 384 g/mol. The van der Waals surface area contributed by atoms with E-state index in [1.54, 1.807) is 12.5 Å². The van der Waals surface area contributed by atoms with Crippen LogP contribution in [0, 0.1) is 18.6 Å². The van der Waals surface area contributed by atoms with Crippen LogP contribution in [0.1, 0.15) is 15.2 Å². The molecule has 0 saturated heterocycles. The predicted molar refractivity (Wildman–Crippen MR) is 102 cm³/mol. The Morgan fingerprint density at radius 3 is 2.39 bits per heavy atom. The highest BCUT2D eigenvalue weighted by Crippen LogP contribution is 2.39. The van der Waals surface area contributed by atoms with E-state index >= 15 is 0 Å². The maximum Gasteiger partial charge on any atom is 0.269 e. The van der Waals surface area contributed by atoms with Gasteiger partial charge in [-0.3, -0.25) is 14.8 Å². The Morgan fingerprint density at radius 2 is 1.79 bits per heavy atom. The molecule has 0 spiro atoms. The molecule has 0 radical (unpaired) electrons. The van der Waals surface area contributed by atoms with Gasteiger partial charge < -0.3 is 10.7 Å². The molecule has 6 nitrogen and oxygen atoms in total. The quantitative estimate of drug-likeness (QED) is 0.509. The number of primary amides is 1. The van der Waals surface area contributed by atoms with Gasteiger partial charge in [-0.1, -0.05) is 0 Å². The van der Waals surface area contributed by atoms with Crippen LogP contribution >= 0.6 is 10.5 Å². The summed E-state index contributed by atoms with van der Waals surface area (Å²) < 4.78 is 28.2. The Morgan fingerprint density at radius 1 is 1.07 bits per heavy atom. The summed E-state index contributed by atoms with van der Waals surface area (Å²) >= 11 is 0. The first-order valence-electron chi connectivity index (χ1n) is 8.18. The number of aromatic nitrogens is 4. The molecule has 9 heteroatoms. The molecule has 0 bridgehead atoms. The zero-order valence-electron chi connectivity index (χ0n) is 14.6. The molecule has 4 rings (SSSR count). The number of halogens is 2. The van der Waals surface area contributed by atoms with Gasteiger partial charge in [-0.05, 0) is 12.1 Å². The van der Waals surface area contributed by atoms with Crippen molar-refractivity contribution >= 4 is 16.4 Å². The van der Waals surface area contributed by atoms with Crippen LogP contribution in [0.3, 0.4) is 0 Å². The summed E-state index contributed by atoms with van der Waals surface area (Å²) in [6, 6.07) is 4.15. The van der Waals surface area contributed by atoms with Crippen molar-refractivity contribution in [3.63, 3.8) is 0 Å². The van der Waals surface area contributed by atoms with E-state index < -0.39 is 23.1 Å². The second-order valence-corrected chi connectivity index (χ2v) is 7.96. The minimum atomic E-state index is -1.18. The van der Waals surface area contributed by atoms with Crippen LogP contribution in [-0.4, -0.2) is 25.8 Å². The largest absolute Gasteiger partial charge is 0.365 e. The molecule has 1 amide bonds. The van der Waals surface area contributed by atoms with Crippen LogP contribution in [0.2, 0.25) is 0 Å². The summed E-state index contributed by atoms with van der Waals surface area (Å²) in [6.07, 6.45) is 6.32. The van der Waals surface area contributed by atoms with Crippen molar-refractivity contribution in [2.45, 2.75) is 6.92 Å². The molecule has 1 aromatic carbocycles. The zero-order valence-corrected chi connectivity index (χ0v) is 15.4. The van der Waals surface area contributed by atoms with E-state index in [9.17, 15) is 13.6 Å². The number of nitrogens with zero attached hydrogens (tertiary/aromatic N) is 3. The number of amides is 1. The smallest absolute Gasteiger partial charge is 0.269 e. The summed E-state index contributed by atoms with van der Waals surface area (Å²) in [7, 11) is -0.231. The van der Waals surface area contributed by atoms with Gasteiger partial charge in [0.2, 0.25) is 0 Å². The number of carbonyl (C=O) groups is 1. The fourth-order valence-corrected chi connectivity index (χ4v) is 4.64. The Labute approximate surface area is 161 Å². The van der Waals surface area contributed by atoms with Gasteiger partial charge in [0.15, 0.2) is 4.88 Å². The van der Waals surface area contributed by atoms with Gasteiger partial charge in [0, 0.05) is 29.0 Å². The number of thiophene rings is 1. The van der Waals surface area contributed by atoms with E-state index in [1.807, 2.05) is 13.0 Å². The van der Waals surface area contributed by atoms with Crippen LogP contribution in [-0.2, 0) is 0 Å². The van der Waals surface area contributed by atoms with Gasteiger partial charge in [-0.2, -0.15) is 0 Å². The average Bonchev–Trinajstić information content (AvgIpc) is 3.31. The van der Waals surface area contributed by atoms with E-state index in [1.165, 1.54) is 18.5 Å². The fourth-order valence-electron chi connectivity index (χ4n) is 2.92. The first-order valence-corrected chi connectivity index (χ1v) is 9.47. The van der Waals surface area contributed by atoms with Crippen molar-refractivity contribution < 1.29 is 13.6 Å². The third-order valence-electron chi connectivity index (χ3n) is 4.33. The first kappa shape index (κ1) is 17.9. The van der Waals surface area contributed by atoms with Crippen LogP contribution in [0.15, 0.2) is 48.5 Å². The van der Waals surface area contributed by atoms with Gasteiger partial charge in [0.1, 0.15) is 28.8 Å². The highest BCUT2D eigenvalue weighted by atomic mass is 32.2. The number of aromatic amines is 1. The topological polar surface area (TPSA) is 97.6 Å². The molecule has 28 heavy (non-hydrogen) atoms. The van der Waals surface area contributed by atoms with Crippen molar-refractivity contribution in [1.29, 1.82) is 0 Å². The van der Waals surface area contributed by atoms with Gasteiger partial charge in [0.05, 0.1) is 35.7 Å². The van der Waals surface area contributed by atoms with Gasteiger partial charge in [-0.15, -0.1) is 0 Å². The number of benzene rings is 1. The highest BCUT2D eigenvalue weighted by Gasteiger charge is 2.23. The lowest BCUT2D eigenvalue weighted by Crippen LogP contribution is -2.16. The second-order valence-electron chi connectivity index (χ2n) is 5.96. The minimum absolute atomic E-state index is 0.0425. The van der Waals surface area contributed by atoms with E-state index in [0.717, 1.165) is 21.5 Å². The molecule has 140 valence electrons. The minimum Gasteiger partial charge on any atom is -0.365 e. The number of nitrogens with one attached hydrogen (secondary N) is 1. The second kappa shape index (κ2) is 6.93. The molecule has 0 aliphatic heterocycles. The normalized spacial score (nSPS) is 11.6. The molecule has 3 N–H and O–H groups in total. The summed E-state index contributed by atoms with van der Waals surface area (Å²) in [5.41, 5.74) is 5.96. The molecule has 0 fully saturated rings. The number of carbonyl (C=O) groups excluding carboxylic acids is 1. The molecule has 0 saturated carbocycles. The molecule has 0 aliphatic rings. The van der Waals surface area contributed by atoms with Crippen LogP contribution in [0.5, 0.6) is 0 Å². The van der Waals surface area contributed by atoms with Crippen LogP contribution in [0.4, 0.5) is 8.78 Å². The van der Waals surface area contributed by atoms with E-state index in [4.69, 9.17) is 5.73 Å². The molecule has 3 heterocycles. The number of rotatable bonds is 4. The molecular formula is C19H14F2N5OS+. The number of hydrogen-bond acceptors (Lipinski definition) is 4. The Hall–Kier alpha value is -3.46. The number of hydrogen-bond donors (Lipinski definition) is 2. The maximum absolute atomic E-state index is 14.5. The standard InChI is InChI=1S/C19H13F2N5OS/c1-10-11(4-5-28(10)16-8-23-9-26-16)14-6-25-15(7-24-14)12-2-3-13(20)17(18(12)21)19(22)27/h2-9H,1H3,(H2-,22,23,26,27)/p+1. The number of H-pyrrole nitrogens is 1. The van der Waals surface area contributed by atoms with E-state index in [2.05, 4.69) is 25.3 Å². The van der Waals surface area contributed by atoms with Crippen LogP contribution in [0.25, 0.3) is 27.5 Å². The zero-order chi connectivity index (χ0) is 19.8. The van der Waals surface area contributed by atoms with Gasteiger partial charge in [-0.25, -0.2) is 13.8 Å². The molecule has 0 aliphatic carbocycles. The van der Waals surface area contributed by atoms with Gasteiger partial charge in [0.25, 0.3) is 10.9 Å². The Balaban J connectivity index is 1.71. The maximum atomic E-state index is 14.5. The van der Waals surface area contributed by atoms with Crippen molar-refractivity contribution in [1.82, 2.24) is 19.9 Å². The SMILES string of the molecule is Cc1c(-c2cnc(-c3ccc(F)c(C(N)=O)c3F)cn2)cc[s+]1-c1cnc[nH]1. The summed E-state index contributed by atoms with van der Waals surface area (Å²) in [5, 5.41) is 3.06. The van der Waals surface area contributed by atoms with Crippen LogP contribution < -0.4 is 5.73 Å². The predicted octanol–water partition coefficient (Wildman–Crippen LogP) is 3.96. The molecule has 1 unspecified atom stereocenters. The van der Waals surface area contributed by atoms with Crippen molar-refractivity contribution in [2.24, 2.45) is 5.73 Å². The van der Waals surface area contributed by atoms with E-state index in [0.29, 0.717) is 5.69 Å². The average molecular weight is 398 g/mol. The van der Waals surface area contributed by atoms with E-state index in [-0.39, 0.29) is 21.7 Å². The first-order chi connectivity index (χ1) is 13.5. The van der Waals surface area contributed by atoms with Crippen molar-refractivity contribution in [2.75, 3.05) is 0 Å². The van der Waals surface area contributed by atoms with Crippen molar-refractivity contribution in [3.05, 3.63) is 70.6 Å². The number of imidazole rings is 1. The summed E-state index contributed by atoms with van der Waals surface area (Å²) in [4.78, 5) is 28.2. The Kier molecular flexibility index (Phi) is 4.44. The lowest BCUT2D eigenvalue weighted by atomic mass is 10.1. The lowest BCUT2D eigenvalue weighted by Gasteiger charge is -2.07. The summed E-state index contributed by atoms with van der Waals surface area (Å²) in [5.74, 6) is -3.24. The van der Waals surface area contributed by atoms with Crippen molar-refractivity contribution in [3.8, 4) is 27.5 Å². The third kappa shape index (κ3) is 2.95. The fraction of sp³-hybridized carbons (Fsp3) is 0.0526. The van der Waals surface area contributed by atoms with Gasteiger partial charge >= 0.3 is 0 Å². The molecule has 4 aromatic rings. The molecule has 3 aromatic heterocycles. The third-order valence-corrected chi connectivity index (χ3v) is 6.32.